The third kappa shape index (κ3) is 3.84. The number of imidazole rings is 1. The number of rotatable bonds is 7. The molecule has 0 bridgehead atoms. The number of sulfonamides is 1. The highest BCUT2D eigenvalue weighted by atomic mass is 32.2. The molecule has 120 valence electrons. The monoisotopic (exact) mass is 314 g/mol. The first-order valence-corrected chi connectivity index (χ1v) is 9.12. The summed E-state index contributed by atoms with van der Waals surface area (Å²) in [5.41, 5.74) is 0. The Morgan fingerprint density at radius 2 is 2.29 bits per heavy atom. The van der Waals surface area contributed by atoms with Gasteiger partial charge >= 0.3 is 0 Å². The lowest BCUT2D eigenvalue weighted by Crippen LogP contribution is -2.41. The van der Waals surface area contributed by atoms with Gasteiger partial charge in [-0.15, -0.1) is 0 Å². The van der Waals surface area contributed by atoms with Crippen molar-refractivity contribution in [3.05, 3.63) is 12.0 Å². The van der Waals surface area contributed by atoms with E-state index in [1.54, 1.807) is 15.1 Å². The fourth-order valence-electron chi connectivity index (χ4n) is 2.59. The second-order valence-corrected chi connectivity index (χ2v) is 7.63. The maximum absolute atomic E-state index is 12.8. The highest BCUT2D eigenvalue weighted by Gasteiger charge is 2.30. The van der Waals surface area contributed by atoms with E-state index in [-0.39, 0.29) is 11.1 Å². The van der Waals surface area contributed by atoms with E-state index in [0.717, 1.165) is 32.2 Å². The van der Waals surface area contributed by atoms with Crippen LogP contribution in [0, 0.1) is 6.92 Å². The molecular formula is C14H26N4O2S. The number of aromatic nitrogens is 2. The Morgan fingerprint density at radius 3 is 2.81 bits per heavy atom. The van der Waals surface area contributed by atoms with Crippen molar-refractivity contribution < 1.29 is 8.42 Å². The zero-order valence-corrected chi connectivity index (χ0v) is 14.0. The maximum atomic E-state index is 12.8. The number of unbranched alkanes of at least 4 members (excludes halogenated alkanes) is 1. The number of nitrogens with one attached hydrogen (secondary N) is 1. The predicted molar refractivity (Wildman–Crippen MR) is 82.6 cm³/mol. The van der Waals surface area contributed by atoms with Gasteiger partial charge in [-0.2, -0.15) is 4.31 Å². The second kappa shape index (κ2) is 6.89. The lowest BCUT2D eigenvalue weighted by Gasteiger charge is -2.24. The molecule has 6 nitrogen and oxygen atoms in total. The number of hydrogen-bond acceptors (Lipinski definition) is 4. The summed E-state index contributed by atoms with van der Waals surface area (Å²) >= 11 is 0. The molecule has 1 aromatic heterocycles. The molecule has 1 aliphatic rings. The fourth-order valence-corrected chi connectivity index (χ4v) is 4.13. The molecular weight excluding hydrogens is 288 g/mol. The Balaban J connectivity index is 2.20. The largest absolute Gasteiger partial charge is 0.337 e. The van der Waals surface area contributed by atoms with E-state index in [4.69, 9.17) is 0 Å². The summed E-state index contributed by atoms with van der Waals surface area (Å²) in [6.45, 7) is 5.97. The van der Waals surface area contributed by atoms with Gasteiger partial charge in [0.1, 0.15) is 5.82 Å². The summed E-state index contributed by atoms with van der Waals surface area (Å²) in [5, 5.41) is 3.54. The first-order chi connectivity index (χ1) is 9.95. The van der Waals surface area contributed by atoms with Crippen LogP contribution in [0.3, 0.4) is 0 Å². The molecule has 1 aliphatic heterocycles. The molecule has 1 aromatic rings. The highest BCUT2D eigenvalue weighted by Crippen LogP contribution is 2.18. The van der Waals surface area contributed by atoms with Crippen LogP contribution in [0.5, 0.6) is 0 Å². The molecule has 1 fully saturated rings. The first-order valence-electron chi connectivity index (χ1n) is 7.68. The van der Waals surface area contributed by atoms with E-state index in [2.05, 4.69) is 17.2 Å². The minimum Gasteiger partial charge on any atom is -0.337 e. The van der Waals surface area contributed by atoms with Crippen LogP contribution in [-0.4, -0.2) is 48.0 Å². The van der Waals surface area contributed by atoms with E-state index in [0.29, 0.717) is 18.9 Å². The third-order valence-electron chi connectivity index (χ3n) is 4.04. The van der Waals surface area contributed by atoms with E-state index in [9.17, 15) is 8.42 Å². The lowest BCUT2D eigenvalue weighted by molar-refractivity contribution is 0.363. The molecule has 1 atom stereocenters. The van der Waals surface area contributed by atoms with Crippen molar-refractivity contribution in [3.8, 4) is 0 Å². The highest BCUT2D eigenvalue weighted by molar-refractivity contribution is 7.89. The van der Waals surface area contributed by atoms with Gasteiger partial charge in [-0.25, -0.2) is 13.4 Å². The van der Waals surface area contributed by atoms with Crippen LogP contribution < -0.4 is 5.32 Å². The van der Waals surface area contributed by atoms with Gasteiger partial charge in [0, 0.05) is 32.4 Å². The van der Waals surface area contributed by atoms with Crippen molar-refractivity contribution in [1.29, 1.82) is 0 Å². The van der Waals surface area contributed by atoms with Gasteiger partial charge in [0.05, 0.1) is 0 Å². The standard InChI is InChI=1S/C14H26N4O2S/c1-4-5-9-18(10-13-7-6-8-15-13)21(19,20)14-11-17(3)12(2)16-14/h11,13,15H,4-10H2,1-3H3. The van der Waals surface area contributed by atoms with Crippen molar-refractivity contribution in [2.45, 2.75) is 50.6 Å². The minimum absolute atomic E-state index is 0.164. The number of nitrogens with zero attached hydrogens (tertiary/aromatic N) is 3. The Labute approximate surface area is 127 Å². The van der Waals surface area contributed by atoms with Gasteiger partial charge < -0.3 is 9.88 Å². The second-order valence-electron chi connectivity index (χ2n) is 5.75. The predicted octanol–water partition coefficient (Wildman–Crippen LogP) is 1.27. The Kier molecular flexibility index (Phi) is 5.40. The van der Waals surface area contributed by atoms with Crippen LogP contribution in [0.4, 0.5) is 0 Å². The van der Waals surface area contributed by atoms with Crippen LogP contribution in [-0.2, 0) is 17.1 Å². The summed E-state index contributed by atoms with van der Waals surface area (Å²) in [6, 6.07) is 0.265. The molecule has 0 aliphatic carbocycles. The molecule has 1 N–H and O–H groups in total. The van der Waals surface area contributed by atoms with Crippen LogP contribution in [0.1, 0.15) is 38.4 Å². The number of aryl methyl sites for hydroxylation is 2. The molecule has 7 heteroatoms. The lowest BCUT2D eigenvalue weighted by atomic mass is 10.2. The zero-order chi connectivity index (χ0) is 15.5. The van der Waals surface area contributed by atoms with E-state index in [1.807, 2.05) is 14.0 Å². The quantitative estimate of drug-likeness (QED) is 0.823. The zero-order valence-electron chi connectivity index (χ0n) is 13.2. The summed E-state index contributed by atoms with van der Waals surface area (Å²) in [7, 11) is -1.69. The van der Waals surface area contributed by atoms with Crippen molar-refractivity contribution in [2.75, 3.05) is 19.6 Å². The Morgan fingerprint density at radius 1 is 1.52 bits per heavy atom. The van der Waals surface area contributed by atoms with Crippen LogP contribution >= 0.6 is 0 Å². The summed E-state index contributed by atoms with van der Waals surface area (Å²) < 4.78 is 29.0. The van der Waals surface area contributed by atoms with Crippen LogP contribution in [0.2, 0.25) is 0 Å². The topological polar surface area (TPSA) is 67.2 Å². The SMILES string of the molecule is CCCCN(CC1CCCN1)S(=O)(=O)c1cn(C)c(C)n1. The Bertz CT molecular complexity index is 542. The molecule has 0 spiro atoms. The van der Waals surface area contributed by atoms with Crippen molar-refractivity contribution in [3.63, 3.8) is 0 Å². The van der Waals surface area contributed by atoms with Gasteiger partial charge in [0.25, 0.3) is 10.0 Å². The molecule has 1 unspecified atom stereocenters. The maximum Gasteiger partial charge on any atom is 0.262 e. The normalized spacial score (nSPS) is 19.5. The summed E-state index contributed by atoms with van der Waals surface area (Å²) in [4.78, 5) is 4.20. The van der Waals surface area contributed by atoms with Crippen molar-refractivity contribution in [2.24, 2.45) is 7.05 Å². The molecule has 1 saturated heterocycles. The van der Waals surface area contributed by atoms with E-state index in [1.165, 1.54) is 0 Å². The molecule has 2 heterocycles. The van der Waals surface area contributed by atoms with Crippen LogP contribution in [0.15, 0.2) is 11.2 Å². The molecule has 0 aromatic carbocycles. The van der Waals surface area contributed by atoms with Gasteiger partial charge in [-0.1, -0.05) is 13.3 Å². The molecule has 0 radical (unpaired) electrons. The van der Waals surface area contributed by atoms with Gasteiger partial charge in [-0.3, -0.25) is 0 Å². The fraction of sp³-hybridized carbons (Fsp3) is 0.786. The van der Waals surface area contributed by atoms with E-state index >= 15 is 0 Å². The average Bonchev–Trinajstić information content (AvgIpc) is 3.05. The van der Waals surface area contributed by atoms with E-state index < -0.39 is 10.0 Å². The van der Waals surface area contributed by atoms with Crippen LogP contribution in [0.25, 0.3) is 0 Å². The first kappa shape index (κ1) is 16.5. The van der Waals surface area contributed by atoms with Gasteiger partial charge in [-0.05, 0) is 32.7 Å². The molecule has 0 amide bonds. The van der Waals surface area contributed by atoms with Crippen molar-refractivity contribution >= 4 is 10.0 Å². The van der Waals surface area contributed by atoms with Gasteiger partial charge in [0.15, 0.2) is 5.03 Å². The molecule has 2 rings (SSSR count). The smallest absolute Gasteiger partial charge is 0.262 e. The molecule has 21 heavy (non-hydrogen) atoms. The number of hydrogen-bond donors (Lipinski definition) is 1. The Hall–Kier alpha value is -0.920. The average molecular weight is 314 g/mol. The third-order valence-corrected chi connectivity index (χ3v) is 5.77. The molecule has 0 saturated carbocycles. The van der Waals surface area contributed by atoms with Crippen molar-refractivity contribution in [1.82, 2.24) is 19.2 Å². The minimum atomic E-state index is -3.50. The van der Waals surface area contributed by atoms with Gasteiger partial charge in [0.2, 0.25) is 0 Å². The summed E-state index contributed by atoms with van der Waals surface area (Å²) in [6.07, 6.45) is 5.61. The summed E-state index contributed by atoms with van der Waals surface area (Å²) in [5.74, 6) is 0.711.